The van der Waals surface area contributed by atoms with Crippen LogP contribution in [0.3, 0.4) is 0 Å². The van der Waals surface area contributed by atoms with E-state index in [4.69, 9.17) is 11.6 Å². The van der Waals surface area contributed by atoms with Gasteiger partial charge >= 0.3 is 0 Å². The van der Waals surface area contributed by atoms with E-state index < -0.39 is 0 Å². The van der Waals surface area contributed by atoms with Gasteiger partial charge in [0, 0.05) is 19.3 Å². The second-order valence-electron chi connectivity index (χ2n) is 3.98. The molecule has 82 valence electrons. The Morgan fingerprint density at radius 2 is 2.13 bits per heavy atom. The normalized spacial score (nSPS) is 18.2. The minimum absolute atomic E-state index is 0.485. The summed E-state index contributed by atoms with van der Waals surface area (Å²) in [5.41, 5.74) is 0. The van der Waals surface area contributed by atoms with Gasteiger partial charge in [0.15, 0.2) is 0 Å². The van der Waals surface area contributed by atoms with Gasteiger partial charge in [-0.05, 0) is 34.7 Å². The van der Waals surface area contributed by atoms with Gasteiger partial charge in [0.2, 0.25) is 5.95 Å². The predicted octanol–water partition coefficient (Wildman–Crippen LogP) is 3.13. The van der Waals surface area contributed by atoms with Crippen LogP contribution >= 0.6 is 27.5 Å². The van der Waals surface area contributed by atoms with Crippen LogP contribution in [0.25, 0.3) is 0 Å². The topological polar surface area (TPSA) is 29.0 Å². The summed E-state index contributed by atoms with van der Waals surface area (Å²) in [6.45, 7) is 4.34. The first-order chi connectivity index (χ1) is 7.16. The largest absolute Gasteiger partial charge is 0.341 e. The van der Waals surface area contributed by atoms with E-state index in [1.54, 1.807) is 6.20 Å². The summed E-state index contributed by atoms with van der Waals surface area (Å²) in [6, 6.07) is 0. The van der Waals surface area contributed by atoms with Crippen molar-refractivity contribution >= 4 is 33.5 Å². The van der Waals surface area contributed by atoms with Crippen molar-refractivity contribution in [1.82, 2.24) is 9.97 Å². The fraction of sp³-hybridized carbons (Fsp3) is 0.600. The standard InChI is InChI=1S/C10H13BrClN3/c1-7-2-4-15(5-3-7)10-13-6-8(11)9(12)14-10/h6-7H,2-5H2,1H3. The third-order valence-electron chi connectivity index (χ3n) is 2.76. The van der Waals surface area contributed by atoms with Crippen LogP contribution in [0.2, 0.25) is 5.15 Å². The lowest BCUT2D eigenvalue weighted by molar-refractivity contribution is 0.434. The molecule has 0 bridgehead atoms. The van der Waals surface area contributed by atoms with Crippen molar-refractivity contribution < 1.29 is 0 Å². The van der Waals surface area contributed by atoms with Crippen molar-refractivity contribution in [2.24, 2.45) is 5.92 Å². The molecular formula is C10H13BrClN3. The molecule has 0 spiro atoms. The summed E-state index contributed by atoms with van der Waals surface area (Å²) in [5, 5.41) is 0.485. The maximum absolute atomic E-state index is 5.94. The first kappa shape index (κ1) is 11.1. The monoisotopic (exact) mass is 289 g/mol. The molecule has 0 aliphatic carbocycles. The van der Waals surface area contributed by atoms with E-state index in [2.05, 4.69) is 37.7 Å². The van der Waals surface area contributed by atoms with Crippen LogP contribution in [-0.4, -0.2) is 23.1 Å². The molecule has 0 atom stereocenters. The van der Waals surface area contributed by atoms with Crippen molar-refractivity contribution in [2.45, 2.75) is 19.8 Å². The highest BCUT2D eigenvalue weighted by atomic mass is 79.9. The minimum atomic E-state index is 0.485. The van der Waals surface area contributed by atoms with E-state index in [1.165, 1.54) is 12.8 Å². The van der Waals surface area contributed by atoms with Crippen LogP contribution in [-0.2, 0) is 0 Å². The van der Waals surface area contributed by atoms with Crippen LogP contribution in [0.4, 0.5) is 5.95 Å². The average molecular weight is 291 g/mol. The van der Waals surface area contributed by atoms with E-state index in [-0.39, 0.29) is 0 Å². The Bertz CT molecular complexity index is 351. The first-order valence-electron chi connectivity index (χ1n) is 5.10. The number of halogens is 2. The molecule has 1 fully saturated rings. The van der Waals surface area contributed by atoms with E-state index in [0.717, 1.165) is 29.4 Å². The highest BCUT2D eigenvalue weighted by Crippen LogP contribution is 2.24. The summed E-state index contributed by atoms with van der Waals surface area (Å²) in [7, 11) is 0. The lowest BCUT2D eigenvalue weighted by Crippen LogP contribution is -2.34. The molecule has 0 amide bonds. The molecule has 3 nitrogen and oxygen atoms in total. The summed E-state index contributed by atoms with van der Waals surface area (Å²) >= 11 is 9.22. The van der Waals surface area contributed by atoms with Crippen LogP contribution < -0.4 is 4.90 Å². The van der Waals surface area contributed by atoms with Gasteiger partial charge in [0.25, 0.3) is 0 Å². The van der Waals surface area contributed by atoms with Gasteiger partial charge in [0.05, 0.1) is 4.47 Å². The Hall–Kier alpha value is -0.350. The highest BCUT2D eigenvalue weighted by Gasteiger charge is 2.18. The molecule has 0 aromatic carbocycles. The predicted molar refractivity (Wildman–Crippen MR) is 65.4 cm³/mol. The van der Waals surface area contributed by atoms with Gasteiger partial charge in [-0.25, -0.2) is 4.98 Å². The molecule has 0 saturated carbocycles. The fourth-order valence-electron chi connectivity index (χ4n) is 1.70. The number of anilines is 1. The first-order valence-corrected chi connectivity index (χ1v) is 6.27. The van der Waals surface area contributed by atoms with Crippen LogP contribution in [0.1, 0.15) is 19.8 Å². The number of hydrogen-bond acceptors (Lipinski definition) is 3. The molecule has 1 aliphatic heterocycles. The van der Waals surface area contributed by atoms with Crippen molar-refractivity contribution in [3.05, 3.63) is 15.8 Å². The van der Waals surface area contributed by atoms with Crippen LogP contribution in [0.5, 0.6) is 0 Å². The molecule has 0 radical (unpaired) electrons. The van der Waals surface area contributed by atoms with Gasteiger partial charge in [0.1, 0.15) is 5.15 Å². The molecule has 5 heteroatoms. The zero-order chi connectivity index (χ0) is 10.8. The molecular weight excluding hydrogens is 277 g/mol. The second kappa shape index (κ2) is 4.66. The molecule has 1 aromatic heterocycles. The number of hydrogen-bond donors (Lipinski definition) is 0. The maximum Gasteiger partial charge on any atom is 0.226 e. The van der Waals surface area contributed by atoms with Gasteiger partial charge in [-0.2, -0.15) is 4.98 Å². The minimum Gasteiger partial charge on any atom is -0.341 e. The summed E-state index contributed by atoms with van der Waals surface area (Å²) in [6.07, 6.45) is 4.12. The third-order valence-corrected chi connectivity index (χ3v) is 3.85. The molecule has 0 N–H and O–H groups in total. The van der Waals surface area contributed by atoms with E-state index in [9.17, 15) is 0 Å². The zero-order valence-electron chi connectivity index (χ0n) is 8.58. The Morgan fingerprint density at radius 1 is 1.47 bits per heavy atom. The van der Waals surface area contributed by atoms with Crippen molar-refractivity contribution in [2.75, 3.05) is 18.0 Å². The van der Waals surface area contributed by atoms with Gasteiger partial charge in [-0.1, -0.05) is 18.5 Å². The quantitative estimate of drug-likeness (QED) is 0.744. The molecule has 1 aromatic rings. The van der Waals surface area contributed by atoms with Crippen LogP contribution in [0, 0.1) is 5.92 Å². The second-order valence-corrected chi connectivity index (χ2v) is 5.19. The van der Waals surface area contributed by atoms with Crippen molar-refractivity contribution in [3.8, 4) is 0 Å². The summed E-state index contributed by atoms with van der Waals surface area (Å²) in [4.78, 5) is 10.7. The molecule has 15 heavy (non-hydrogen) atoms. The number of rotatable bonds is 1. The SMILES string of the molecule is CC1CCN(c2ncc(Br)c(Cl)n2)CC1. The maximum atomic E-state index is 5.94. The lowest BCUT2D eigenvalue weighted by Gasteiger charge is -2.30. The van der Waals surface area contributed by atoms with Crippen molar-refractivity contribution in [3.63, 3.8) is 0 Å². The Kier molecular flexibility index (Phi) is 3.46. The third kappa shape index (κ3) is 2.61. The number of aromatic nitrogens is 2. The van der Waals surface area contributed by atoms with E-state index in [0.29, 0.717) is 5.15 Å². The number of nitrogens with zero attached hydrogens (tertiary/aromatic N) is 3. The lowest BCUT2D eigenvalue weighted by atomic mass is 10.00. The Balaban J connectivity index is 2.12. The van der Waals surface area contributed by atoms with Gasteiger partial charge in [-0.15, -0.1) is 0 Å². The van der Waals surface area contributed by atoms with Crippen LogP contribution in [0.15, 0.2) is 10.7 Å². The van der Waals surface area contributed by atoms with Gasteiger partial charge < -0.3 is 4.90 Å². The Morgan fingerprint density at radius 3 is 2.73 bits per heavy atom. The number of piperidine rings is 1. The van der Waals surface area contributed by atoms with Gasteiger partial charge in [-0.3, -0.25) is 0 Å². The molecule has 2 heterocycles. The smallest absolute Gasteiger partial charge is 0.226 e. The highest BCUT2D eigenvalue weighted by molar-refractivity contribution is 9.10. The zero-order valence-corrected chi connectivity index (χ0v) is 10.9. The van der Waals surface area contributed by atoms with Crippen molar-refractivity contribution in [1.29, 1.82) is 0 Å². The molecule has 0 unspecified atom stereocenters. The van der Waals surface area contributed by atoms with E-state index in [1.807, 2.05) is 0 Å². The average Bonchev–Trinajstić information content (AvgIpc) is 2.23. The van der Waals surface area contributed by atoms with E-state index >= 15 is 0 Å². The summed E-state index contributed by atoms with van der Waals surface area (Å²) < 4.78 is 0.748. The summed E-state index contributed by atoms with van der Waals surface area (Å²) in [5.74, 6) is 1.56. The molecule has 1 aliphatic rings. The fourth-order valence-corrected chi connectivity index (χ4v) is 2.01. The Labute approximate surface area is 103 Å². The molecule has 2 rings (SSSR count). The molecule has 1 saturated heterocycles.